The van der Waals surface area contributed by atoms with Crippen molar-refractivity contribution in [2.24, 2.45) is 0 Å². The lowest BCUT2D eigenvalue weighted by Gasteiger charge is -2.29. The first kappa shape index (κ1) is 18.6. The van der Waals surface area contributed by atoms with Crippen LogP contribution in [0.25, 0.3) is 21.8 Å². The molecule has 30 heavy (non-hydrogen) atoms. The lowest BCUT2D eigenvalue weighted by atomic mass is 10.0. The molecule has 6 heteroatoms. The average molecular weight is 400 g/mol. The van der Waals surface area contributed by atoms with Crippen LogP contribution in [-0.2, 0) is 24.3 Å². The van der Waals surface area contributed by atoms with E-state index in [1.54, 1.807) is 11.1 Å². The van der Waals surface area contributed by atoms with Gasteiger partial charge in [-0.25, -0.2) is 4.68 Å². The first-order valence-corrected chi connectivity index (χ1v) is 10.5. The largest absolute Gasteiger partial charge is 0.336 e. The molecule has 1 aliphatic heterocycles. The van der Waals surface area contributed by atoms with Gasteiger partial charge >= 0.3 is 0 Å². The second-order valence-electron chi connectivity index (χ2n) is 7.82. The normalized spacial score (nSPS) is 13.7. The molecule has 0 spiro atoms. The summed E-state index contributed by atoms with van der Waals surface area (Å²) in [6.07, 6.45) is 4.54. The van der Waals surface area contributed by atoms with Gasteiger partial charge in [0, 0.05) is 35.1 Å². The van der Waals surface area contributed by atoms with Crippen molar-refractivity contribution in [1.29, 1.82) is 0 Å². The minimum atomic E-state index is -0.212. The number of aromatic nitrogens is 3. The van der Waals surface area contributed by atoms with Crippen LogP contribution in [0.5, 0.6) is 0 Å². The number of amides is 1. The van der Waals surface area contributed by atoms with Crippen LogP contribution in [0.4, 0.5) is 5.69 Å². The van der Waals surface area contributed by atoms with Crippen molar-refractivity contribution in [3.05, 3.63) is 70.6 Å². The summed E-state index contributed by atoms with van der Waals surface area (Å²) in [5.41, 5.74) is 3.57. The summed E-state index contributed by atoms with van der Waals surface area (Å²) < 4.78 is 3.37. The minimum Gasteiger partial charge on any atom is -0.336 e. The fraction of sp³-hybridized carbons (Fsp3) is 0.292. The molecule has 2 aromatic carbocycles. The SMILES string of the molecule is CCCn1c2ccccc2c2cnn(CC(=O)N3CCCc4ccccc43)c(=O)c21. The summed E-state index contributed by atoms with van der Waals surface area (Å²) >= 11 is 0. The van der Waals surface area contributed by atoms with E-state index in [0.29, 0.717) is 12.1 Å². The van der Waals surface area contributed by atoms with Gasteiger partial charge in [-0.15, -0.1) is 0 Å². The Morgan fingerprint density at radius 3 is 2.73 bits per heavy atom. The third-order valence-corrected chi connectivity index (χ3v) is 5.92. The van der Waals surface area contributed by atoms with Crippen LogP contribution in [-0.4, -0.2) is 26.8 Å². The number of para-hydroxylation sites is 2. The molecule has 1 amide bonds. The molecule has 0 radical (unpaired) electrons. The van der Waals surface area contributed by atoms with Crippen molar-refractivity contribution in [2.45, 2.75) is 39.3 Å². The van der Waals surface area contributed by atoms with E-state index in [9.17, 15) is 9.59 Å². The third kappa shape index (κ3) is 2.91. The predicted octanol–water partition coefficient (Wildman–Crippen LogP) is 3.74. The van der Waals surface area contributed by atoms with Crippen LogP contribution in [0.3, 0.4) is 0 Å². The summed E-state index contributed by atoms with van der Waals surface area (Å²) in [6.45, 7) is 3.45. The molecule has 0 saturated heterocycles. The topological polar surface area (TPSA) is 60.1 Å². The number of rotatable bonds is 4. The number of carbonyl (C=O) groups is 1. The number of hydrogen-bond donors (Lipinski definition) is 0. The van der Waals surface area contributed by atoms with E-state index in [4.69, 9.17) is 0 Å². The summed E-state index contributed by atoms with van der Waals surface area (Å²) in [6, 6.07) is 16.0. The number of fused-ring (bicyclic) bond motifs is 4. The molecule has 152 valence electrons. The molecule has 4 aromatic rings. The Kier molecular flexibility index (Phi) is 4.62. The molecule has 5 rings (SSSR count). The van der Waals surface area contributed by atoms with Crippen LogP contribution in [0.15, 0.2) is 59.5 Å². The van der Waals surface area contributed by atoms with E-state index in [-0.39, 0.29) is 18.0 Å². The van der Waals surface area contributed by atoms with Crippen LogP contribution < -0.4 is 10.5 Å². The first-order valence-electron chi connectivity index (χ1n) is 10.5. The number of hydrogen-bond acceptors (Lipinski definition) is 3. The highest BCUT2D eigenvalue weighted by Crippen LogP contribution is 2.28. The summed E-state index contributed by atoms with van der Waals surface area (Å²) in [5.74, 6) is -0.103. The van der Waals surface area contributed by atoms with Gasteiger partial charge in [0.25, 0.3) is 5.56 Å². The molecule has 0 saturated carbocycles. The van der Waals surface area contributed by atoms with Crippen molar-refractivity contribution in [3.8, 4) is 0 Å². The number of anilines is 1. The fourth-order valence-corrected chi connectivity index (χ4v) is 4.57. The third-order valence-electron chi connectivity index (χ3n) is 5.92. The van der Waals surface area contributed by atoms with Gasteiger partial charge in [-0.3, -0.25) is 9.59 Å². The van der Waals surface area contributed by atoms with Crippen molar-refractivity contribution in [1.82, 2.24) is 14.3 Å². The van der Waals surface area contributed by atoms with E-state index in [0.717, 1.165) is 47.8 Å². The maximum atomic E-state index is 13.4. The van der Waals surface area contributed by atoms with Crippen LogP contribution in [0.1, 0.15) is 25.3 Å². The molecule has 2 aromatic heterocycles. The average Bonchev–Trinajstić information content (AvgIpc) is 3.10. The molecule has 6 nitrogen and oxygen atoms in total. The smallest absolute Gasteiger partial charge is 0.291 e. The maximum Gasteiger partial charge on any atom is 0.291 e. The van der Waals surface area contributed by atoms with Gasteiger partial charge in [-0.05, 0) is 37.0 Å². The number of nitrogens with zero attached hydrogens (tertiary/aromatic N) is 4. The molecular formula is C24H24N4O2. The Labute approximate surface area is 174 Å². The quantitative estimate of drug-likeness (QED) is 0.524. The zero-order valence-electron chi connectivity index (χ0n) is 17.0. The standard InChI is InChI=1S/C24H24N4O2/c1-2-13-27-21-12-6-4-10-18(21)19-15-25-28(24(30)23(19)27)16-22(29)26-14-7-9-17-8-3-5-11-20(17)26/h3-6,8,10-12,15H,2,7,9,13-14,16H2,1H3. The van der Waals surface area contributed by atoms with Crippen molar-refractivity contribution in [2.75, 3.05) is 11.4 Å². The molecule has 0 bridgehead atoms. The highest BCUT2D eigenvalue weighted by atomic mass is 16.2. The van der Waals surface area contributed by atoms with E-state index in [2.05, 4.69) is 22.7 Å². The number of benzene rings is 2. The van der Waals surface area contributed by atoms with Gasteiger partial charge in [0.1, 0.15) is 12.1 Å². The van der Waals surface area contributed by atoms with E-state index in [1.165, 1.54) is 10.2 Å². The fourth-order valence-electron chi connectivity index (χ4n) is 4.57. The van der Waals surface area contributed by atoms with E-state index >= 15 is 0 Å². The highest BCUT2D eigenvalue weighted by Gasteiger charge is 2.24. The second kappa shape index (κ2) is 7.44. The Balaban J connectivity index is 1.57. The van der Waals surface area contributed by atoms with E-state index < -0.39 is 0 Å². The predicted molar refractivity (Wildman–Crippen MR) is 119 cm³/mol. The summed E-state index contributed by atoms with van der Waals surface area (Å²) in [7, 11) is 0. The van der Waals surface area contributed by atoms with Crippen LogP contribution in [0, 0.1) is 0 Å². The molecular weight excluding hydrogens is 376 g/mol. The molecule has 0 unspecified atom stereocenters. The van der Waals surface area contributed by atoms with Crippen molar-refractivity contribution >= 4 is 33.4 Å². The Morgan fingerprint density at radius 1 is 1.07 bits per heavy atom. The Bertz CT molecular complexity index is 1320. The molecule has 0 aliphatic carbocycles. The van der Waals surface area contributed by atoms with Gasteiger partial charge in [0.2, 0.25) is 5.91 Å². The minimum absolute atomic E-state index is 0.0588. The second-order valence-corrected chi connectivity index (χ2v) is 7.82. The monoisotopic (exact) mass is 400 g/mol. The van der Waals surface area contributed by atoms with Gasteiger partial charge in [0.05, 0.1) is 6.20 Å². The zero-order valence-corrected chi connectivity index (χ0v) is 17.0. The summed E-state index contributed by atoms with van der Waals surface area (Å²) in [5, 5.41) is 6.23. The van der Waals surface area contributed by atoms with E-state index in [1.807, 2.05) is 42.5 Å². The van der Waals surface area contributed by atoms with Gasteiger partial charge in [0.15, 0.2) is 0 Å². The molecule has 0 N–H and O–H groups in total. The lowest BCUT2D eigenvalue weighted by molar-refractivity contribution is -0.119. The van der Waals surface area contributed by atoms with Crippen molar-refractivity contribution in [3.63, 3.8) is 0 Å². The first-order chi connectivity index (χ1) is 14.7. The number of aryl methyl sites for hydroxylation is 2. The number of carbonyl (C=O) groups excluding carboxylic acids is 1. The highest BCUT2D eigenvalue weighted by molar-refractivity contribution is 6.07. The van der Waals surface area contributed by atoms with Gasteiger partial charge in [-0.2, -0.15) is 5.10 Å². The summed E-state index contributed by atoms with van der Waals surface area (Å²) in [4.78, 5) is 28.3. The van der Waals surface area contributed by atoms with Crippen LogP contribution >= 0.6 is 0 Å². The molecule has 0 fully saturated rings. The van der Waals surface area contributed by atoms with Crippen LogP contribution in [0.2, 0.25) is 0 Å². The molecule has 1 aliphatic rings. The van der Waals surface area contributed by atoms with Gasteiger partial charge < -0.3 is 9.47 Å². The maximum absolute atomic E-state index is 13.4. The van der Waals surface area contributed by atoms with Crippen molar-refractivity contribution < 1.29 is 4.79 Å². The Morgan fingerprint density at radius 2 is 1.87 bits per heavy atom. The Hall–Kier alpha value is -3.41. The van der Waals surface area contributed by atoms with Gasteiger partial charge in [-0.1, -0.05) is 43.3 Å². The zero-order chi connectivity index (χ0) is 20.7. The molecule has 0 atom stereocenters. The lowest BCUT2D eigenvalue weighted by Crippen LogP contribution is -2.40. The molecule has 3 heterocycles.